The summed E-state index contributed by atoms with van der Waals surface area (Å²) in [5, 5.41) is 10.2. The van der Waals surface area contributed by atoms with Crippen molar-refractivity contribution in [3.05, 3.63) is 28.8 Å². The molecule has 0 bridgehead atoms. The molecule has 1 unspecified atom stereocenters. The van der Waals surface area contributed by atoms with Crippen molar-refractivity contribution in [2.75, 3.05) is 13.2 Å². The van der Waals surface area contributed by atoms with Crippen LogP contribution in [0.2, 0.25) is 5.02 Å². The van der Waals surface area contributed by atoms with Crippen LogP contribution in [0.3, 0.4) is 0 Å². The highest BCUT2D eigenvalue weighted by Crippen LogP contribution is 2.29. The summed E-state index contributed by atoms with van der Waals surface area (Å²) in [6.07, 6.45) is 0.386. The highest BCUT2D eigenvalue weighted by Gasteiger charge is 2.19. The zero-order valence-corrected chi connectivity index (χ0v) is 9.91. The van der Waals surface area contributed by atoms with Crippen LogP contribution >= 0.6 is 11.6 Å². The second-order valence-electron chi connectivity index (χ2n) is 3.96. The second kappa shape index (κ2) is 5.04. The fourth-order valence-corrected chi connectivity index (χ4v) is 1.92. The first kappa shape index (κ1) is 11.7. The zero-order chi connectivity index (χ0) is 11.5. The Hall–Kier alpha value is -0.770. The molecule has 0 radical (unpaired) electrons. The lowest BCUT2D eigenvalue weighted by Gasteiger charge is -2.17. The monoisotopic (exact) mass is 242 g/mol. The van der Waals surface area contributed by atoms with Gasteiger partial charge in [0.1, 0.15) is 11.9 Å². The Kier molecular flexibility index (Phi) is 3.69. The Morgan fingerprint density at radius 2 is 2.38 bits per heavy atom. The van der Waals surface area contributed by atoms with Crippen molar-refractivity contribution in [1.29, 1.82) is 0 Å². The fourth-order valence-electron chi connectivity index (χ4n) is 1.74. The molecule has 0 spiro atoms. The molecule has 2 atom stereocenters. The zero-order valence-electron chi connectivity index (χ0n) is 9.15. The minimum absolute atomic E-state index is 0.0821. The molecule has 1 fully saturated rings. The van der Waals surface area contributed by atoms with Crippen LogP contribution in [0.4, 0.5) is 0 Å². The van der Waals surface area contributed by atoms with Crippen molar-refractivity contribution in [3.63, 3.8) is 0 Å². The third kappa shape index (κ3) is 2.67. The number of aliphatic hydroxyl groups excluding tert-OH is 1. The van der Waals surface area contributed by atoms with Gasteiger partial charge in [-0.1, -0.05) is 11.6 Å². The molecular weight excluding hydrogens is 228 g/mol. The summed E-state index contributed by atoms with van der Waals surface area (Å²) in [4.78, 5) is 0. The van der Waals surface area contributed by atoms with E-state index in [9.17, 15) is 5.11 Å². The molecule has 1 aromatic rings. The van der Waals surface area contributed by atoms with E-state index in [1.54, 1.807) is 25.1 Å². The lowest BCUT2D eigenvalue weighted by molar-refractivity contribution is 0.135. The van der Waals surface area contributed by atoms with Crippen LogP contribution < -0.4 is 4.74 Å². The highest BCUT2D eigenvalue weighted by molar-refractivity contribution is 6.30. The van der Waals surface area contributed by atoms with Crippen LogP contribution in [0.1, 0.15) is 25.0 Å². The van der Waals surface area contributed by atoms with Crippen LogP contribution in [0, 0.1) is 0 Å². The Balaban J connectivity index is 2.18. The van der Waals surface area contributed by atoms with Gasteiger partial charge >= 0.3 is 0 Å². The summed E-state index contributed by atoms with van der Waals surface area (Å²) in [5.74, 6) is 0.690. The molecule has 16 heavy (non-hydrogen) atoms. The molecule has 4 heteroatoms. The average Bonchev–Trinajstić information content (AvgIpc) is 2.73. The number of halogens is 1. The number of hydrogen-bond acceptors (Lipinski definition) is 3. The first-order valence-electron chi connectivity index (χ1n) is 5.38. The normalized spacial score (nSPS) is 22.1. The van der Waals surface area contributed by atoms with Gasteiger partial charge in [0.15, 0.2) is 0 Å². The van der Waals surface area contributed by atoms with Crippen molar-refractivity contribution in [2.24, 2.45) is 0 Å². The summed E-state index contributed by atoms with van der Waals surface area (Å²) in [7, 11) is 0. The molecule has 2 rings (SSSR count). The van der Waals surface area contributed by atoms with E-state index in [4.69, 9.17) is 21.1 Å². The average molecular weight is 243 g/mol. The summed E-state index contributed by atoms with van der Waals surface area (Å²) < 4.78 is 11.0. The smallest absolute Gasteiger partial charge is 0.125 e. The molecule has 0 amide bonds. The van der Waals surface area contributed by atoms with Crippen LogP contribution in [0.25, 0.3) is 0 Å². The topological polar surface area (TPSA) is 38.7 Å². The van der Waals surface area contributed by atoms with Gasteiger partial charge in [-0.2, -0.15) is 0 Å². The van der Waals surface area contributed by atoms with Gasteiger partial charge in [-0.15, -0.1) is 0 Å². The Morgan fingerprint density at radius 3 is 3.00 bits per heavy atom. The molecule has 3 nitrogen and oxygen atoms in total. The van der Waals surface area contributed by atoms with Gasteiger partial charge in [0.05, 0.1) is 19.3 Å². The summed E-state index contributed by atoms with van der Waals surface area (Å²) in [5.41, 5.74) is 0.722. The standard InChI is InChI=1S/C12H15ClO3/c1-8(14)11-6-9(13)2-3-12(11)16-10-4-5-15-7-10/h2-3,6,8,10,14H,4-5,7H2,1H3/t8-,10?/m1/s1. The largest absolute Gasteiger partial charge is 0.488 e. The molecule has 0 aliphatic carbocycles. The molecular formula is C12H15ClO3. The summed E-state index contributed by atoms with van der Waals surface area (Å²) in [6, 6.07) is 5.29. The maximum absolute atomic E-state index is 9.63. The minimum atomic E-state index is -0.587. The van der Waals surface area contributed by atoms with E-state index >= 15 is 0 Å². The third-order valence-corrected chi connectivity index (χ3v) is 2.84. The molecule has 0 saturated carbocycles. The van der Waals surface area contributed by atoms with Crippen molar-refractivity contribution in [1.82, 2.24) is 0 Å². The quantitative estimate of drug-likeness (QED) is 0.886. The van der Waals surface area contributed by atoms with E-state index in [-0.39, 0.29) is 6.10 Å². The number of benzene rings is 1. The summed E-state index contributed by atoms with van der Waals surface area (Å²) in [6.45, 7) is 3.05. The van der Waals surface area contributed by atoms with E-state index in [0.717, 1.165) is 18.6 Å². The van der Waals surface area contributed by atoms with E-state index < -0.39 is 6.10 Å². The van der Waals surface area contributed by atoms with Gasteiger partial charge in [-0.3, -0.25) is 0 Å². The Bertz CT molecular complexity index is 359. The fraction of sp³-hybridized carbons (Fsp3) is 0.500. The predicted molar refractivity (Wildman–Crippen MR) is 61.9 cm³/mol. The number of ether oxygens (including phenoxy) is 2. The van der Waals surface area contributed by atoms with Gasteiger partial charge in [-0.05, 0) is 25.1 Å². The SMILES string of the molecule is C[C@@H](O)c1cc(Cl)ccc1OC1CCOC1. The lowest BCUT2D eigenvalue weighted by Crippen LogP contribution is -2.17. The van der Waals surface area contributed by atoms with Gasteiger partial charge in [0.2, 0.25) is 0 Å². The van der Waals surface area contributed by atoms with Gasteiger partial charge in [0.25, 0.3) is 0 Å². The molecule has 1 aliphatic rings. The van der Waals surface area contributed by atoms with Gasteiger partial charge in [-0.25, -0.2) is 0 Å². The minimum Gasteiger partial charge on any atom is -0.488 e. The van der Waals surface area contributed by atoms with Crippen molar-refractivity contribution in [2.45, 2.75) is 25.6 Å². The van der Waals surface area contributed by atoms with Crippen LogP contribution in [-0.4, -0.2) is 24.4 Å². The maximum Gasteiger partial charge on any atom is 0.125 e. The number of hydrogen-bond donors (Lipinski definition) is 1. The van der Waals surface area contributed by atoms with Crippen LogP contribution in [-0.2, 0) is 4.74 Å². The van der Waals surface area contributed by atoms with Crippen molar-refractivity contribution >= 4 is 11.6 Å². The molecule has 1 N–H and O–H groups in total. The van der Waals surface area contributed by atoms with E-state index in [1.165, 1.54) is 0 Å². The molecule has 1 heterocycles. The van der Waals surface area contributed by atoms with Crippen LogP contribution in [0.5, 0.6) is 5.75 Å². The Morgan fingerprint density at radius 1 is 1.56 bits per heavy atom. The Labute approximate surface area is 99.9 Å². The maximum atomic E-state index is 9.63. The first-order valence-corrected chi connectivity index (χ1v) is 5.76. The van der Waals surface area contributed by atoms with Gasteiger partial charge in [0, 0.05) is 17.0 Å². The highest BCUT2D eigenvalue weighted by atomic mass is 35.5. The molecule has 0 aromatic heterocycles. The molecule has 1 saturated heterocycles. The third-order valence-electron chi connectivity index (χ3n) is 2.60. The number of rotatable bonds is 3. The molecule has 1 aromatic carbocycles. The lowest BCUT2D eigenvalue weighted by atomic mass is 10.1. The number of aliphatic hydroxyl groups is 1. The van der Waals surface area contributed by atoms with E-state index in [2.05, 4.69) is 0 Å². The predicted octanol–water partition coefficient (Wildman–Crippen LogP) is 2.56. The second-order valence-corrected chi connectivity index (χ2v) is 4.40. The molecule has 88 valence electrons. The van der Waals surface area contributed by atoms with Crippen LogP contribution in [0.15, 0.2) is 18.2 Å². The van der Waals surface area contributed by atoms with Crippen molar-refractivity contribution < 1.29 is 14.6 Å². The van der Waals surface area contributed by atoms with E-state index in [0.29, 0.717) is 17.4 Å². The summed E-state index contributed by atoms with van der Waals surface area (Å²) >= 11 is 5.89. The molecule has 1 aliphatic heterocycles. The first-order chi connectivity index (χ1) is 7.66. The van der Waals surface area contributed by atoms with Gasteiger partial charge < -0.3 is 14.6 Å². The van der Waals surface area contributed by atoms with E-state index in [1.807, 2.05) is 0 Å². The van der Waals surface area contributed by atoms with Crippen molar-refractivity contribution in [3.8, 4) is 5.75 Å².